The highest BCUT2D eigenvalue weighted by molar-refractivity contribution is 5.94. The van der Waals surface area contributed by atoms with Crippen molar-refractivity contribution < 1.29 is 4.79 Å². The average Bonchev–Trinajstić information content (AvgIpc) is 3.00. The summed E-state index contributed by atoms with van der Waals surface area (Å²) in [6.07, 6.45) is 5.19. The Labute approximate surface area is 122 Å². The molecule has 2 bridgehead atoms. The maximum Gasteiger partial charge on any atom is 0.251 e. The van der Waals surface area contributed by atoms with E-state index in [2.05, 4.69) is 38.2 Å². The number of hydrogen-bond donors (Lipinski definition) is 1. The number of hydrogen-bond acceptors (Lipinski definition) is 1. The van der Waals surface area contributed by atoms with Crippen molar-refractivity contribution in [3.8, 4) is 0 Å². The number of fused-ring (bicyclic) bond motifs is 2. The van der Waals surface area contributed by atoms with E-state index in [-0.39, 0.29) is 11.3 Å². The Bertz CT molecular complexity index is 497. The normalized spacial score (nSPS) is 28.6. The van der Waals surface area contributed by atoms with Crippen LogP contribution in [0.5, 0.6) is 0 Å². The Balaban J connectivity index is 1.65. The lowest BCUT2D eigenvalue weighted by atomic mass is 9.86. The SMILES string of the molecule is CC(C)(C)c1ccc(C(=O)NC2CC3CCC2C3)cc1. The van der Waals surface area contributed by atoms with Gasteiger partial charge in [-0.3, -0.25) is 4.79 Å². The van der Waals surface area contributed by atoms with Gasteiger partial charge in [0.15, 0.2) is 0 Å². The molecule has 2 aliphatic rings. The van der Waals surface area contributed by atoms with Gasteiger partial charge in [0.05, 0.1) is 0 Å². The van der Waals surface area contributed by atoms with Crippen molar-refractivity contribution in [3.05, 3.63) is 35.4 Å². The van der Waals surface area contributed by atoms with Crippen LogP contribution in [0.25, 0.3) is 0 Å². The first kappa shape index (κ1) is 13.7. The number of benzene rings is 1. The second kappa shape index (κ2) is 4.91. The van der Waals surface area contributed by atoms with Crippen molar-refractivity contribution in [1.29, 1.82) is 0 Å². The molecule has 20 heavy (non-hydrogen) atoms. The topological polar surface area (TPSA) is 29.1 Å². The van der Waals surface area contributed by atoms with Crippen LogP contribution in [0.2, 0.25) is 0 Å². The van der Waals surface area contributed by atoms with E-state index >= 15 is 0 Å². The molecule has 2 fully saturated rings. The molecule has 0 radical (unpaired) electrons. The zero-order valence-corrected chi connectivity index (χ0v) is 12.8. The van der Waals surface area contributed by atoms with Gasteiger partial charge in [-0.05, 0) is 54.2 Å². The molecule has 1 aromatic rings. The first-order valence-electron chi connectivity index (χ1n) is 7.85. The van der Waals surface area contributed by atoms with Gasteiger partial charge in [0.25, 0.3) is 5.91 Å². The quantitative estimate of drug-likeness (QED) is 0.868. The number of rotatable bonds is 2. The van der Waals surface area contributed by atoms with Crippen LogP contribution < -0.4 is 5.32 Å². The molecule has 0 saturated heterocycles. The third-order valence-corrected chi connectivity index (χ3v) is 5.07. The summed E-state index contributed by atoms with van der Waals surface area (Å²) < 4.78 is 0. The lowest BCUT2D eigenvalue weighted by Crippen LogP contribution is -2.38. The summed E-state index contributed by atoms with van der Waals surface area (Å²) in [5.41, 5.74) is 2.20. The smallest absolute Gasteiger partial charge is 0.251 e. The Morgan fingerprint density at radius 2 is 1.80 bits per heavy atom. The Morgan fingerprint density at radius 3 is 2.30 bits per heavy atom. The summed E-state index contributed by atoms with van der Waals surface area (Å²) in [6, 6.07) is 8.50. The largest absolute Gasteiger partial charge is 0.349 e. The average molecular weight is 271 g/mol. The predicted octanol–water partition coefficient (Wildman–Crippen LogP) is 3.90. The molecule has 1 N–H and O–H groups in total. The molecule has 108 valence electrons. The fourth-order valence-electron chi connectivity index (χ4n) is 3.79. The number of amides is 1. The zero-order chi connectivity index (χ0) is 14.3. The van der Waals surface area contributed by atoms with E-state index in [0.717, 1.165) is 17.4 Å². The third-order valence-electron chi connectivity index (χ3n) is 5.07. The van der Waals surface area contributed by atoms with Crippen LogP contribution in [0.3, 0.4) is 0 Å². The monoisotopic (exact) mass is 271 g/mol. The summed E-state index contributed by atoms with van der Waals surface area (Å²) in [6.45, 7) is 6.58. The molecule has 2 heteroatoms. The summed E-state index contributed by atoms with van der Waals surface area (Å²) in [5, 5.41) is 3.25. The van der Waals surface area contributed by atoms with Crippen molar-refractivity contribution in [2.75, 3.05) is 0 Å². The van der Waals surface area contributed by atoms with Gasteiger partial charge < -0.3 is 5.32 Å². The van der Waals surface area contributed by atoms with Crippen molar-refractivity contribution in [2.24, 2.45) is 11.8 Å². The molecule has 1 aromatic carbocycles. The van der Waals surface area contributed by atoms with Gasteiger partial charge in [-0.15, -0.1) is 0 Å². The molecule has 2 aliphatic carbocycles. The van der Waals surface area contributed by atoms with Gasteiger partial charge in [0.2, 0.25) is 0 Å². The van der Waals surface area contributed by atoms with Crippen LogP contribution >= 0.6 is 0 Å². The summed E-state index contributed by atoms with van der Waals surface area (Å²) >= 11 is 0. The molecule has 3 atom stereocenters. The lowest BCUT2D eigenvalue weighted by molar-refractivity contribution is 0.0923. The predicted molar refractivity (Wildman–Crippen MR) is 81.8 cm³/mol. The van der Waals surface area contributed by atoms with Crippen LogP contribution in [0.4, 0.5) is 0 Å². The van der Waals surface area contributed by atoms with E-state index in [4.69, 9.17) is 0 Å². The van der Waals surface area contributed by atoms with E-state index in [1.165, 1.54) is 31.2 Å². The Morgan fingerprint density at radius 1 is 1.10 bits per heavy atom. The highest BCUT2D eigenvalue weighted by Gasteiger charge is 2.40. The minimum absolute atomic E-state index is 0.100. The number of carbonyl (C=O) groups is 1. The fraction of sp³-hybridized carbons (Fsp3) is 0.611. The maximum atomic E-state index is 12.3. The van der Waals surface area contributed by atoms with Gasteiger partial charge in [0.1, 0.15) is 0 Å². The molecule has 0 spiro atoms. The first-order valence-corrected chi connectivity index (χ1v) is 7.85. The second-order valence-corrected chi connectivity index (χ2v) is 7.58. The molecule has 3 rings (SSSR count). The summed E-state index contributed by atoms with van der Waals surface area (Å²) in [7, 11) is 0. The molecular weight excluding hydrogens is 246 g/mol. The van der Waals surface area contributed by atoms with Crippen molar-refractivity contribution >= 4 is 5.91 Å². The maximum absolute atomic E-state index is 12.3. The highest BCUT2D eigenvalue weighted by atomic mass is 16.1. The number of nitrogens with one attached hydrogen (secondary N) is 1. The molecule has 0 aliphatic heterocycles. The number of carbonyl (C=O) groups excluding carboxylic acids is 1. The van der Waals surface area contributed by atoms with E-state index in [0.29, 0.717) is 6.04 Å². The standard InChI is InChI=1S/C18H25NO/c1-18(2,3)15-8-6-13(7-9-15)17(20)19-16-11-12-4-5-14(16)10-12/h6-9,12,14,16H,4-5,10-11H2,1-3H3,(H,19,20). The van der Waals surface area contributed by atoms with Crippen molar-refractivity contribution in [3.63, 3.8) is 0 Å². The van der Waals surface area contributed by atoms with Crippen LogP contribution in [0, 0.1) is 11.8 Å². The Kier molecular flexibility index (Phi) is 3.35. The van der Waals surface area contributed by atoms with Crippen LogP contribution in [-0.4, -0.2) is 11.9 Å². The van der Waals surface area contributed by atoms with E-state index < -0.39 is 0 Å². The zero-order valence-electron chi connectivity index (χ0n) is 12.8. The van der Waals surface area contributed by atoms with Crippen LogP contribution in [-0.2, 0) is 5.41 Å². The highest BCUT2D eigenvalue weighted by Crippen LogP contribution is 2.44. The van der Waals surface area contributed by atoms with Gasteiger partial charge in [-0.25, -0.2) is 0 Å². The fourth-order valence-corrected chi connectivity index (χ4v) is 3.79. The minimum atomic E-state index is 0.100. The van der Waals surface area contributed by atoms with Gasteiger partial charge in [-0.1, -0.05) is 39.3 Å². The van der Waals surface area contributed by atoms with Crippen LogP contribution in [0.1, 0.15) is 62.4 Å². The van der Waals surface area contributed by atoms with Crippen molar-refractivity contribution in [2.45, 2.75) is 57.9 Å². The van der Waals surface area contributed by atoms with E-state index in [1.807, 2.05) is 12.1 Å². The Hall–Kier alpha value is -1.31. The summed E-state index contributed by atoms with van der Waals surface area (Å²) in [4.78, 5) is 12.3. The van der Waals surface area contributed by atoms with Gasteiger partial charge >= 0.3 is 0 Å². The molecule has 0 aromatic heterocycles. The molecule has 2 saturated carbocycles. The molecule has 0 heterocycles. The minimum Gasteiger partial charge on any atom is -0.349 e. The molecular formula is C18H25NO. The summed E-state index contributed by atoms with van der Waals surface area (Å²) in [5.74, 6) is 1.70. The molecule has 2 nitrogen and oxygen atoms in total. The van der Waals surface area contributed by atoms with Crippen LogP contribution in [0.15, 0.2) is 24.3 Å². The van der Waals surface area contributed by atoms with Gasteiger partial charge in [-0.2, -0.15) is 0 Å². The third kappa shape index (κ3) is 2.61. The lowest BCUT2D eigenvalue weighted by Gasteiger charge is -2.23. The van der Waals surface area contributed by atoms with E-state index in [9.17, 15) is 4.79 Å². The van der Waals surface area contributed by atoms with Crippen molar-refractivity contribution in [1.82, 2.24) is 5.32 Å². The second-order valence-electron chi connectivity index (χ2n) is 7.58. The molecule has 3 unspecified atom stereocenters. The van der Waals surface area contributed by atoms with E-state index in [1.54, 1.807) is 0 Å². The van der Waals surface area contributed by atoms with Gasteiger partial charge in [0, 0.05) is 11.6 Å². The first-order chi connectivity index (χ1) is 9.43. The molecule has 1 amide bonds.